The number of hydrogen-bond donors (Lipinski definition) is 14. The predicted molar refractivity (Wildman–Crippen MR) is 553 cm³/mol. The van der Waals surface area contributed by atoms with E-state index in [1.165, 1.54) is 79.0 Å². The highest BCUT2D eigenvalue weighted by atomic mass is 16.3. The van der Waals surface area contributed by atoms with Crippen LogP contribution in [0.4, 0.5) is 51.2 Å². The smallest absolute Gasteiger partial charge is 0.121 e. The van der Waals surface area contributed by atoms with Crippen molar-refractivity contribution in [3.63, 3.8) is 0 Å². The molecule has 0 bridgehead atoms. The zero-order valence-corrected chi connectivity index (χ0v) is 74.4. The standard InChI is InChI=1S/2C32H30N4.C26H28N2O2.C26H32N2/c33-27-13-5-23(6-14-27)31(24-7-15-28(34)16-8-24)21-1-2-22(4-3-21)32(25-9-17-29(35)18-10-25)26-11-19-30(36)20-12-26;33-27-12-4-21(5-13-27)31(22-6-14-28(34)15-7-22)25-2-1-3-26(20-25)32(23-8-16-29(35)17-9-23)24-10-18-30(36)19-11-24;1-3-22(24(29)15-16-27)26(2,23-14-13-21(28)17-25(23)30)20-11-9-19(10-12-20)18-7-5-4-6-8-18;1-7-9-11-20(3)21(4)13-14-22(5)26(6,19-10-12-24(27)8-2)23-15-17-25(28)18-16-23/h2*1-20,31-32H,33-36H2;3-16,21,29-30H,1,17,27-28H2,2H3;7-19H,2,4-5,27-28H2,1,3,6H3/b;;16-15+,24-22-;9-7-,14-13-,19-10+,20-11+,24-12+. The van der Waals surface area contributed by atoms with E-state index < -0.39 is 10.8 Å². The summed E-state index contributed by atoms with van der Waals surface area (Å²) < 4.78 is 0. The highest BCUT2D eigenvalue weighted by molar-refractivity contribution is 5.67. The molecule has 0 amide bonds. The van der Waals surface area contributed by atoms with Crippen LogP contribution in [0.5, 0.6) is 0 Å². The Labute approximate surface area is 767 Å². The molecule has 0 aromatic heterocycles. The van der Waals surface area contributed by atoms with Gasteiger partial charge in [-0.25, -0.2) is 0 Å². The Hall–Kier alpha value is -16.2. The quantitative estimate of drug-likeness (QED) is 0.00985. The number of aliphatic hydroxyl groups is 2. The summed E-state index contributed by atoms with van der Waals surface area (Å²) in [7, 11) is 0. The lowest BCUT2D eigenvalue weighted by atomic mass is 9.67. The van der Waals surface area contributed by atoms with Gasteiger partial charge in [-0.3, -0.25) is 0 Å². The molecule has 1 aliphatic rings. The molecule has 14 nitrogen and oxygen atoms in total. The molecule has 0 heterocycles. The summed E-state index contributed by atoms with van der Waals surface area (Å²) in [5.41, 5.74) is 99.6. The molecule has 3 unspecified atom stereocenters. The van der Waals surface area contributed by atoms with E-state index >= 15 is 0 Å². The fourth-order valence-corrected chi connectivity index (χ4v) is 16.1. The van der Waals surface area contributed by atoms with Crippen molar-refractivity contribution in [2.45, 2.75) is 74.7 Å². The normalized spacial score (nSPS) is 14.0. The van der Waals surface area contributed by atoms with Crippen molar-refractivity contribution in [3.05, 3.63) is 556 Å². The molecule has 0 aliphatic heterocycles. The molecule has 0 saturated carbocycles. The molecule has 0 spiro atoms. The summed E-state index contributed by atoms with van der Waals surface area (Å²) in [6, 6.07) is 108. The second-order valence-electron chi connectivity index (χ2n) is 32.7. The molecule has 14 heteroatoms. The maximum Gasteiger partial charge on any atom is 0.121 e. The van der Waals surface area contributed by atoms with E-state index in [2.05, 4.69) is 197 Å². The van der Waals surface area contributed by atoms with Gasteiger partial charge in [0.15, 0.2) is 0 Å². The van der Waals surface area contributed by atoms with Gasteiger partial charge in [0.05, 0.1) is 5.76 Å². The molecule has 1 aliphatic carbocycles. The molecular weight excluding hydrogens is 1590 g/mol. The molecule has 13 aromatic rings. The molecule has 130 heavy (non-hydrogen) atoms. The van der Waals surface area contributed by atoms with Gasteiger partial charge in [0.1, 0.15) is 5.76 Å². The minimum Gasteiger partial charge on any atom is -0.512 e. The van der Waals surface area contributed by atoms with Gasteiger partial charge in [0.2, 0.25) is 0 Å². The van der Waals surface area contributed by atoms with Crippen molar-refractivity contribution < 1.29 is 10.2 Å². The first-order valence-corrected chi connectivity index (χ1v) is 43.1. The minimum absolute atomic E-state index is 0.00860. The third-order valence-corrected chi connectivity index (χ3v) is 23.6. The lowest BCUT2D eigenvalue weighted by Gasteiger charge is -2.36. The molecule has 0 saturated heterocycles. The number of benzene rings is 13. The number of rotatable bonds is 27. The highest BCUT2D eigenvalue weighted by Gasteiger charge is 2.39. The Morgan fingerprint density at radius 1 is 0.400 bits per heavy atom. The number of nitrogens with two attached hydrogens (primary N) is 12. The topological polar surface area (TPSA) is 353 Å². The Morgan fingerprint density at radius 3 is 1.06 bits per heavy atom. The molecular formula is C116H120N12O2. The van der Waals surface area contributed by atoms with E-state index in [9.17, 15) is 10.2 Å². The summed E-state index contributed by atoms with van der Waals surface area (Å²) in [4.78, 5) is 0. The van der Waals surface area contributed by atoms with Crippen LogP contribution < -0.4 is 68.8 Å². The summed E-state index contributed by atoms with van der Waals surface area (Å²) in [6.45, 7) is 24.1. The summed E-state index contributed by atoms with van der Waals surface area (Å²) in [5.74, 6) is 0.377. The Kier molecular flexibility index (Phi) is 32.4. The number of nitrogen functional groups attached to an aromatic ring is 9. The van der Waals surface area contributed by atoms with Crippen molar-refractivity contribution in [2.24, 2.45) is 17.2 Å². The molecule has 26 N–H and O–H groups in total. The highest BCUT2D eigenvalue weighted by Crippen LogP contribution is 2.46. The Balaban J connectivity index is 0.000000169. The minimum atomic E-state index is -0.860. The van der Waals surface area contributed by atoms with E-state index in [-0.39, 0.29) is 41.2 Å². The van der Waals surface area contributed by atoms with Crippen LogP contribution in [-0.4, -0.2) is 16.3 Å². The molecule has 14 rings (SSSR count). The zero-order chi connectivity index (χ0) is 93.0. The van der Waals surface area contributed by atoms with E-state index in [0.29, 0.717) is 23.3 Å². The van der Waals surface area contributed by atoms with Crippen LogP contribution >= 0.6 is 0 Å². The van der Waals surface area contributed by atoms with E-state index in [0.717, 1.165) is 90.2 Å². The second-order valence-corrected chi connectivity index (χ2v) is 32.7. The molecule has 0 radical (unpaired) electrons. The first-order valence-electron chi connectivity index (χ1n) is 43.1. The fourth-order valence-electron chi connectivity index (χ4n) is 16.1. The Morgan fingerprint density at radius 2 is 0.731 bits per heavy atom. The van der Waals surface area contributed by atoms with E-state index in [1.807, 2.05) is 239 Å². The molecule has 656 valence electrons. The van der Waals surface area contributed by atoms with Crippen molar-refractivity contribution >= 4 is 51.2 Å². The van der Waals surface area contributed by atoms with Gasteiger partial charge in [-0.2, -0.15) is 0 Å². The lowest BCUT2D eigenvalue weighted by Crippen LogP contribution is -2.32. The third-order valence-electron chi connectivity index (χ3n) is 23.6. The average molecular weight is 1710 g/mol. The largest absolute Gasteiger partial charge is 0.512 e. The van der Waals surface area contributed by atoms with Gasteiger partial charge in [-0.1, -0.05) is 299 Å². The van der Waals surface area contributed by atoms with Crippen molar-refractivity contribution in [3.8, 4) is 11.1 Å². The van der Waals surface area contributed by atoms with Crippen LogP contribution in [0.25, 0.3) is 11.1 Å². The number of aliphatic hydroxyl groups excluding tert-OH is 2. The van der Waals surface area contributed by atoms with Gasteiger partial charge in [0, 0.05) is 115 Å². The van der Waals surface area contributed by atoms with Crippen LogP contribution in [0.2, 0.25) is 0 Å². The number of anilines is 9. The molecule has 13 aromatic carbocycles. The SMILES string of the molecule is C=C/C(=C(O)\C=C\N)C(C)(C1=C(O)CC(N)C=C1)c1ccc(-c2ccccc2)cc1.C=C/C(N)=C\C=C\C(C)(C(=C)/C=C\C(=C)/C(C)=C/C=C\C)c1ccc(N)cc1.Nc1ccc(C(c2ccc(N)cc2)c2ccc(C(c3ccc(N)cc3)c3ccc(N)cc3)cc2)cc1.Nc1ccc(C(c2ccc(N)cc2)c2cccc(C(c3ccc(N)cc3)c3ccc(N)cc3)c2)cc1. The fraction of sp³-hybridized carbons (Fsp3) is 0.103. The summed E-state index contributed by atoms with van der Waals surface area (Å²) in [6.07, 6.45) is 25.8. The van der Waals surface area contributed by atoms with Gasteiger partial charge in [-0.15, -0.1) is 0 Å². The summed E-state index contributed by atoms with van der Waals surface area (Å²) in [5, 5.41) is 21.5. The van der Waals surface area contributed by atoms with E-state index in [4.69, 9.17) is 68.8 Å². The number of allylic oxidation sites excluding steroid dienone is 17. The first-order chi connectivity index (χ1) is 62.6. The first kappa shape index (κ1) is 94.5. The van der Waals surface area contributed by atoms with Crippen LogP contribution in [0.15, 0.2) is 478 Å². The second kappa shape index (κ2) is 44.6. The third kappa shape index (κ3) is 24.3. The van der Waals surface area contributed by atoms with Crippen molar-refractivity contribution in [1.29, 1.82) is 0 Å². The van der Waals surface area contributed by atoms with Crippen molar-refractivity contribution in [1.82, 2.24) is 0 Å². The monoisotopic (exact) mass is 1710 g/mol. The van der Waals surface area contributed by atoms with E-state index in [1.54, 1.807) is 12.2 Å². The van der Waals surface area contributed by atoms with Gasteiger partial charge >= 0.3 is 0 Å². The van der Waals surface area contributed by atoms with Crippen LogP contribution in [0.1, 0.15) is 136 Å². The predicted octanol–water partition coefficient (Wildman–Crippen LogP) is 24.2. The van der Waals surface area contributed by atoms with Crippen molar-refractivity contribution in [2.75, 3.05) is 51.6 Å². The molecule has 3 atom stereocenters. The van der Waals surface area contributed by atoms with Gasteiger partial charge in [-0.05, 0) is 267 Å². The average Bonchev–Trinajstić information content (AvgIpc) is 0.754. The van der Waals surface area contributed by atoms with Gasteiger partial charge in [0.25, 0.3) is 0 Å². The number of hydrogen-bond acceptors (Lipinski definition) is 14. The maximum absolute atomic E-state index is 10.8. The van der Waals surface area contributed by atoms with Gasteiger partial charge < -0.3 is 79.0 Å². The van der Waals surface area contributed by atoms with Crippen LogP contribution in [0, 0.1) is 0 Å². The van der Waals surface area contributed by atoms with Crippen LogP contribution in [0.3, 0.4) is 0 Å². The maximum atomic E-state index is 10.8. The lowest BCUT2D eigenvalue weighted by molar-refractivity contribution is 0.361. The van der Waals surface area contributed by atoms with Crippen LogP contribution in [-0.2, 0) is 10.8 Å². The Bertz CT molecular complexity index is 5880. The summed E-state index contributed by atoms with van der Waals surface area (Å²) >= 11 is 0. The zero-order valence-electron chi connectivity index (χ0n) is 74.4. The molecule has 0 fully saturated rings.